The second kappa shape index (κ2) is 13.3. The number of benzene rings is 2. The van der Waals surface area contributed by atoms with Crippen molar-refractivity contribution in [1.82, 2.24) is 29.9 Å². The number of pyridine rings is 1. The van der Waals surface area contributed by atoms with E-state index in [9.17, 15) is 9.59 Å². The third-order valence-corrected chi connectivity index (χ3v) is 9.21. The molecule has 0 spiro atoms. The average Bonchev–Trinajstić information content (AvgIpc) is 3.48. The number of urea groups is 1. The molecule has 0 unspecified atom stereocenters. The molecule has 2 aromatic heterocycles. The summed E-state index contributed by atoms with van der Waals surface area (Å²) in [5.41, 5.74) is 3.09. The maximum Gasteiger partial charge on any atom is 0.317 e. The van der Waals surface area contributed by atoms with Crippen LogP contribution in [-0.4, -0.2) is 71.7 Å². The largest absolute Gasteiger partial charge is 0.497 e. The van der Waals surface area contributed by atoms with Crippen molar-refractivity contribution in [1.29, 1.82) is 0 Å². The van der Waals surface area contributed by atoms with Crippen molar-refractivity contribution in [2.75, 3.05) is 40.4 Å². The molecular weight excluding hydrogens is 575 g/mol. The lowest BCUT2D eigenvalue weighted by atomic mass is 9.88. The number of carbonyl (C=O) groups is 1. The second-order valence-electron chi connectivity index (χ2n) is 12.1. The van der Waals surface area contributed by atoms with Gasteiger partial charge in [-0.15, -0.1) is 0 Å². The second-order valence-corrected chi connectivity index (χ2v) is 12.1. The van der Waals surface area contributed by atoms with Gasteiger partial charge in [-0.05, 0) is 86.5 Å². The number of amides is 2. The van der Waals surface area contributed by atoms with E-state index in [2.05, 4.69) is 15.7 Å². The molecule has 2 N–H and O–H groups in total. The van der Waals surface area contributed by atoms with Crippen LogP contribution in [0.25, 0.3) is 22.0 Å². The van der Waals surface area contributed by atoms with E-state index in [4.69, 9.17) is 9.47 Å². The van der Waals surface area contributed by atoms with Gasteiger partial charge in [-0.3, -0.25) is 9.48 Å². The van der Waals surface area contributed by atoms with E-state index in [1.165, 1.54) is 10.6 Å². The van der Waals surface area contributed by atoms with Crippen molar-refractivity contribution in [3.63, 3.8) is 0 Å². The minimum absolute atomic E-state index is 0.00404. The Labute approximate surface area is 262 Å². The molecule has 2 aromatic carbocycles. The van der Waals surface area contributed by atoms with Crippen molar-refractivity contribution in [2.45, 2.75) is 44.7 Å². The van der Waals surface area contributed by atoms with Gasteiger partial charge >= 0.3 is 6.03 Å². The number of nitrogens with zero attached hydrogens (tertiary/aromatic N) is 4. The highest BCUT2D eigenvalue weighted by Gasteiger charge is 2.27. The summed E-state index contributed by atoms with van der Waals surface area (Å²) >= 11 is 0. The standard InChI is InChI=1S/C34H41FN6O4/c1-39-21-29(28-19-37-41(32(28)33(39)42)20-23-4-6-26(44-2)7-5-23)24-17-30(35)27(31(18-24)45-3)16-22-10-14-40(15-11-22)34(43)38-25-8-12-36-13-9-25/h4-7,17-19,21-22,25,36H,8-16,20H2,1-3H3,(H,38,43). The first kappa shape index (κ1) is 30.6. The summed E-state index contributed by atoms with van der Waals surface area (Å²) in [5.74, 6) is 1.12. The number of fused-ring (bicyclic) bond motifs is 1. The first-order valence-electron chi connectivity index (χ1n) is 15.7. The van der Waals surface area contributed by atoms with E-state index in [0.717, 1.165) is 50.1 Å². The van der Waals surface area contributed by atoms with E-state index in [1.807, 2.05) is 35.2 Å². The predicted molar refractivity (Wildman–Crippen MR) is 171 cm³/mol. The Hall–Kier alpha value is -4.38. The summed E-state index contributed by atoms with van der Waals surface area (Å²) < 4.78 is 30.1. The smallest absolute Gasteiger partial charge is 0.317 e. The van der Waals surface area contributed by atoms with E-state index < -0.39 is 0 Å². The lowest BCUT2D eigenvalue weighted by Gasteiger charge is -2.34. The average molecular weight is 617 g/mol. The molecule has 10 nitrogen and oxygen atoms in total. The van der Waals surface area contributed by atoms with Gasteiger partial charge in [-0.25, -0.2) is 9.18 Å². The molecule has 11 heteroatoms. The van der Waals surface area contributed by atoms with Crippen LogP contribution in [0.5, 0.6) is 11.5 Å². The van der Waals surface area contributed by atoms with Crippen LogP contribution in [0, 0.1) is 11.7 Å². The van der Waals surface area contributed by atoms with Crippen molar-refractivity contribution < 1.29 is 18.7 Å². The number of ether oxygens (including phenoxy) is 2. The fourth-order valence-corrected chi connectivity index (χ4v) is 6.56. The monoisotopic (exact) mass is 616 g/mol. The number of piperidine rings is 2. The Balaban J connectivity index is 1.20. The minimum atomic E-state index is -0.344. The number of aromatic nitrogens is 3. The number of methoxy groups -OCH3 is 2. The number of rotatable bonds is 8. The van der Waals surface area contributed by atoms with Crippen molar-refractivity contribution >= 4 is 16.9 Å². The highest BCUT2D eigenvalue weighted by Crippen LogP contribution is 2.35. The number of halogens is 1. The van der Waals surface area contributed by atoms with Gasteiger partial charge in [0.05, 0.1) is 27.0 Å². The Morgan fingerprint density at radius 2 is 1.80 bits per heavy atom. The third kappa shape index (κ3) is 6.54. The molecule has 0 saturated carbocycles. The molecule has 6 rings (SSSR count). The summed E-state index contributed by atoms with van der Waals surface area (Å²) in [6, 6.07) is 11.2. The lowest BCUT2D eigenvalue weighted by molar-refractivity contribution is 0.164. The van der Waals surface area contributed by atoms with Crippen LogP contribution in [0.1, 0.15) is 36.8 Å². The van der Waals surface area contributed by atoms with Crippen LogP contribution in [0.3, 0.4) is 0 Å². The van der Waals surface area contributed by atoms with Crippen LogP contribution in [0.4, 0.5) is 9.18 Å². The number of hydrogen-bond donors (Lipinski definition) is 2. The number of hydrogen-bond acceptors (Lipinski definition) is 6. The molecular formula is C34H41FN6O4. The normalized spacial score (nSPS) is 16.2. The zero-order valence-electron chi connectivity index (χ0n) is 26.1. The fourth-order valence-electron chi connectivity index (χ4n) is 6.56. The summed E-state index contributed by atoms with van der Waals surface area (Å²) in [6.07, 6.45) is 7.44. The van der Waals surface area contributed by atoms with Crippen LogP contribution in [0.15, 0.2) is 53.6 Å². The molecule has 4 heterocycles. The number of carbonyl (C=O) groups excluding carboxylic acids is 1. The van der Waals surface area contributed by atoms with Crippen LogP contribution >= 0.6 is 0 Å². The van der Waals surface area contributed by atoms with Gasteiger partial charge in [0.25, 0.3) is 5.56 Å². The molecule has 45 heavy (non-hydrogen) atoms. The molecule has 238 valence electrons. The number of aryl methyl sites for hydroxylation is 1. The third-order valence-electron chi connectivity index (χ3n) is 9.21. The summed E-state index contributed by atoms with van der Waals surface area (Å²) in [4.78, 5) is 27.9. The Bertz CT molecular complexity index is 1720. The molecule has 2 saturated heterocycles. The molecule has 2 amide bonds. The van der Waals surface area contributed by atoms with E-state index in [-0.39, 0.29) is 29.4 Å². The molecule has 2 aliphatic heterocycles. The van der Waals surface area contributed by atoms with Crippen LogP contribution in [-0.2, 0) is 20.0 Å². The molecule has 2 fully saturated rings. The van der Waals surface area contributed by atoms with Gasteiger partial charge in [0.2, 0.25) is 0 Å². The molecule has 4 aromatic rings. The topological polar surface area (TPSA) is 103 Å². The summed E-state index contributed by atoms with van der Waals surface area (Å²) in [6.45, 7) is 3.57. The van der Waals surface area contributed by atoms with Gasteiger partial charge in [0, 0.05) is 48.9 Å². The van der Waals surface area contributed by atoms with Gasteiger partial charge in [0.15, 0.2) is 0 Å². The van der Waals surface area contributed by atoms with E-state index >= 15 is 4.39 Å². The Morgan fingerprint density at radius 1 is 1.07 bits per heavy atom. The van der Waals surface area contributed by atoms with Gasteiger partial charge in [0.1, 0.15) is 22.8 Å². The Morgan fingerprint density at radius 3 is 2.49 bits per heavy atom. The molecule has 0 bridgehead atoms. The number of nitrogens with one attached hydrogen (secondary N) is 2. The van der Waals surface area contributed by atoms with Crippen LogP contribution < -0.4 is 25.7 Å². The summed E-state index contributed by atoms with van der Waals surface area (Å²) in [7, 11) is 4.86. The van der Waals surface area contributed by atoms with Crippen molar-refractivity contribution in [3.05, 3.63) is 76.1 Å². The Kier molecular flexibility index (Phi) is 9.07. The molecule has 0 atom stereocenters. The quantitative estimate of drug-likeness (QED) is 0.306. The fraction of sp³-hybridized carbons (Fsp3) is 0.441. The summed E-state index contributed by atoms with van der Waals surface area (Å²) in [5, 5.41) is 11.7. The highest BCUT2D eigenvalue weighted by molar-refractivity contribution is 5.94. The lowest BCUT2D eigenvalue weighted by Crippen LogP contribution is -2.50. The zero-order chi connectivity index (χ0) is 31.5. The SMILES string of the molecule is COc1ccc(Cn2ncc3c(-c4cc(F)c(CC5CCN(C(=O)NC6CCNCC6)CC5)c(OC)c4)cn(C)c(=O)c32)cc1. The maximum atomic E-state index is 15.9. The first-order valence-corrected chi connectivity index (χ1v) is 15.7. The number of likely N-dealkylation sites (tertiary alicyclic amines) is 1. The van der Waals surface area contributed by atoms with Gasteiger partial charge in [-0.1, -0.05) is 12.1 Å². The van der Waals surface area contributed by atoms with Crippen molar-refractivity contribution in [3.8, 4) is 22.6 Å². The van der Waals surface area contributed by atoms with Crippen LogP contribution in [0.2, 0.25) is 0 Å². The van der Waals surface area contributed by atoms with Gasteiger partial charge < -0.3 is 29.6 Å². The molecule has 2 aliphatic rings. The minimum Gasteiger partial charge on any atom is -0.497 e. The van der Waals surface area contributed by atoms with E-state index in [1.54, 1.807) is 38.3 Å². The maximum absolute atomic E-state index is 15.9. The highest BCUT2D eigenvalue weighted by atomic mass is 19.1. The predicted octanol–water partition coefficient (Wildman–Crippen LogP) is 4.32. The first-order chi connectivity index (χ1) is 21.8. The zero-order valence-corrected chi connectivity index (χ0v) is 26.1. The molecule has 0 radical (unpaired) electrons. The van der Waals surface area contributed by atoms with E-state index in [0.29, 0.717) is 59.4 Å². The molecule has 0 aliphatic carbocycles. The van der Waals surface area contributed by atoms with Gasteiger partial charge in [-0.2, -0.15) is 5.10 Å². The van der Waals surface area contributed by atoms with Crippen molar-refractivity contribution in [2.24, 2.45) is 13.0 Å².